The van der Waals surface area contributed by atoms with E-state index in [1.807, 2.05) is 43.3 Å². The van der Waals surface area contributed by atoms with Gasteiger partial charge in [0, 0.05) is 16.8 Å². The first-order valence-corrected chi connectivity index (χ1v) is 8.98. The van der Waals surface area contributed by atoms with Crippen LogP contribution in [0.1, 0.15) is 33.9 Å². The molecule has 3 aromatic rings. The number of rotatable bonds is 4. The average Bonchev–Trinajstić information content (AvgIpc) is 3.07. The molecule has 6 nitrogen and oxygen atoms in total. The fourth-order valence-corrected chi connectivity index (χ4v) is 3.41. The van der Waals surface area contributed by atoms with Crippen LogP contribution in [0.25, 0.3) is 0 Å². The number of nitrogens with one attached hydrogen (secondary N) is 1. The third-order valence-corrected chi connectivity index (χ3v) is 4.87. The molecule has 1 aliphatic rings. The molecule has 3 N–H and O–H groups in total. The summed E-state index contributed by atoms with van der Waals surface area (Å²) in [6, 6.07) is 18.1. The number of H-pyrrole nitrogens is 1. The lowest BCUT2D eigenvalue weighted by Gasteiger charge is -2.25. The summed E-state index contributed by atoms with van der Waals surface area (Å²) in [5, 5.41) is 16.8. The predicted octanol–water partition coefficient (Wildman–Crippen LogP) is 3.82. The Morgan fingerprint density at radius 1 is 1.18 bits per heavy atom. The summed E-state index contributed by atoms with van der Waals surface area (Å²) < 4.78 is 11.7. The molecule has 0 unspecified atom stereocenters. The van der Waals surface area contributed by atoms with Crippen molar-refractivity contribution in [3.05, 3.63) is 87.9 Å². The Bertz CT molecular complexity index is 1090. The first-order valence-electron chi connectivity index (χ1n) is 8.98. The summed E-state index contributed by atoms with van der Waals surface area (Å²) in [5.74, 6) is 0.760. The summed E-state index contributed by atoms with van der Waals surface area (Å²) >= 11 is 0. The van der Waals surface area contributed by atoms with Gasteiger partial charge in [-0.25, -0.2) is 0 Å². The van der Waals surface area contributed by atoms with Crippen LogP contribution in [0.3, 0.4) is 0 Å². The van der Waals surface area contributed by atoms with Gasteiger partial charge < -0.3 is 15.2 Å². The van der Waals surface area contributed by atoms with Crippen LogP contribution >= 0.6 is 0 Å². The van der Waals surface area contributed by atoms with Gasteiger partial charge in [-0.05, 0) is 25.5 Å². The molecule has 0 spiro atoms. The molecule has 1 aliphatic heterocycles. The van der Waals surface area contributed by atoms with E-state index < -0.39 is 5.92 Å². The SMILES string of the molecule is Cc1ccc(COc2ccccc2[C@H]2C(C#N)=C(N)Oc3n[nH]c(C)c32)cc1. The second kappa shape index (κ2) is 7.12. The average molecular weight is 372 g/mol. The van der Waals surface area contributed by atoms with Gasteiger partial charge in [-0.1, -0.05) is 48.0 Å². The number of allylic oxidation sites excluding steroid dienone is 1. The van der Waals surface area contributed by atoms with Crippen LogP contribution in [0, 0.1) is 25.2 Å². The highest BCUT2D eigenvalue weighted by molar-refractivity contribution is 5.57. The number of aromatic amines is 1. The number of benzene rings is 2. The normalized spacial score (nSPS) is 15.5. The molecule has 0 bridgehead atoms. The van der Waals surface area contributed by atoms with E-state index in [0.717, 1.165) is 22.4 Å². The van der Waals surface area contributed by atoms with Crippen LogP contribution in [0.5, 0.6) is 11.6 Å². The molecule has 28 heavy (non-hydrogen) atoms. The van der Waals surface area contributed by atoms with Crippen LogP contribution in [0.4, 0.5) is 0 Å². The second-order valence-corrected chi connectivity index (χ2v) is 6.80. The highest BCUT2D eigenvalue weighted by Gasteiger charge is 2.35. The first kappa shape index (κ1) is 17.7. The van der Waals surface area contributed by atoms with E-state index in [9.17, 15) is 5.26 Å². The maximum Gasteiger partial charge on any atom is 0.244 e. The molecule has 1 atom stereocenters. The van der Waals surface area contributed by atoms with Crippen LogP contribution in [-0.4, -0.2) is 10.2 Å². The third-order valence-electron chi connectivity index (χ3n) is 4.87. The Morgan fingerprint density at radius 2 is 1.93 bits per heavy atom. The molecule has 1 aromatic heterocycles. The molecule has 0 saturated carbocycles. The largest absolute Gasteiger partial charge is 0.489 e. The van der Waals surface area contributed by atoms with Crippen molar-refractivity contribution in [2.45, 2.75) is 26.4 Å². The number of aromatic nitrogens is 2. The summed E-state index contributed by atoms with van der Waals surface area (Å²) in [6.07, 6.45) is 0. The van der Waals surface area contributed by atoms with E-state index in [4.69, 9.17) is 15.2 Å². The lowest BCUT2D eigenvalue weighted by Crippen LogP contribution is -2.21. The zero-order valence-corrected chi connectivity index (χ0v) is 15.7. The predicted molar refractivity (Wildman–Crippen MR) is 105 cm³/mol. The number of para-hydroxylation sites is 1. The Labute approximate surface area is 163 Å². The number of fused-ring (bicyclic) bond motifs is 1. The fourth-order valence-electron chi connectivity index (χ4n) is 3.41. The summed E-state index contributed by atoms with van der Waals surface area (Å²) in [5.41, 5.74) is 11.1. The minimum atomic E-state index is -0.401. The molecule has 0 saturated heterocycles. The minimum Gasteiger partial charge on any atom is -0.489 e. The van der Waals surface area contributed by atoms with Crippen molar-refractivity contribution in [2.24, 2.45) is 5.73 Å². The van der Waals surface area contributed by atoms with Gasteiger partial charge in [0.25, 0.3) is 0 Å². The quantitative estimate of drug-likeness (QED) is 0.725. The maximum atomic E-state index is 9.73. The Balaban J connectivity index is 1.74. The Hall–Kier alpha value is -3.72. The molecule has 4 rings (SSSR count). The van der Waals surface area contributed by atoms with Gasteiger partial charge in [-0.15, -0.1) is 5.10 Å². The molecule has 0 aliphatic carbocycles. The molecule has 0 radical (unpaired) electrons. The third kappa shape index (κ3) is 3.08. The molecule has 140 valence electrons. The Kier molecular flexibility index (Phi) is 4.50. The number of aryl methyl sites for hydroxylation is 2. The minimum absolute atomic E-state index is 0.0693. The number of nitrogens with zero attached hydrogens (tertiary/aromatic N) is 2. The van der Waals surface area contributed by atoms with Gasteiger partial charge in [-0.2, -0.15) is 5.26 Å². The number of ether oxygens (including phenoxy) is 2. The fraction of sp³-hybridized carbons (Fsp3) is 0.182. The van der Waals surface area contributed by atoms with Gasteiger partial charge in [0.2, 0.25) is 11.8 Å². The first-order chi connectivity index (χ1) is 13.6. The van der Waals surface area contributed by atoms with Crippen LogP contribution < -0.4 is 15.2 Å². The van der Waals surface area contributed by atoms with E-state index in [0.29, 0.717) is 23.8 Å². The van der Waals surface area contributed by atoms with Crippen molar-refractivity contribution in [1.29, 1.82) is 5.26 Å². The molecular weight excluding hydrogens is 352 g/mol. The van der Waals surface area contributed by atoms with E-state index in [2.05, 4.69) is 35.3 Å². The zero-order valence-electron chi connectivity index (χ0n) is 15.7. The van der Waals surface area contributed by atoms with Crippen LogP contribution in [0.15, 0.2) is 60.0 Å². The van der Waals surface area contributed by atoms with Crippen molar-refractivity contribution < 1.29 is 9.47 Å². The smallest absolute Gasteiger partial charge is 0.244 e. The molecular formula is C22H20N4O2. The van der Waals surface area contributed by atoms with E-state index in [1.165, 1.54) is 5.56 Å². The molecule has 0 amide bonds. The molecule has 0 fully saturated rings. The van der Waals surface area contributed by atoms with E-state index >= 15 is 0 Å². The van der Waals surface area contributed by atoms with Crippen molar-refractivity contribution in [3.8, 4) is 17.7 Å². The van der Waals surface area contributed by atoms with Crippen molar-refractivity contribution >= 4 is 0 Å². The maximum absolute atomic E-state index is 9.73. The van der Waals surface area contributed by atoms with Crippen LogP contribution in [0.2, 0.25) is 0 Å². The van der Waals surface area contributed by atoms with Crippen molar-refractivity contribution in [3.63, 3.8) is 0 Å². The number of hydrogen-bond acceptors (Lipinski definition) is 5. The van der Waals surface area contributed by atoms with Gasteiger partial charge in [0.1, 0.15) is 24.0 Å². The standard InChI is InChI=1S/C22H20N4O2/c1-13-7-9-15(10-8-13)12-27-18-6-4-3-5-16(18)20-17(11-23)21(24)28-22-19(20)14(2)25-26-22/h3-10,20H,12,24H2,1-2H3,(H,25,26)/t20-/m0/s1. The van der Waals surface area contributed by atoms with E-state index in [-0.39, 0.29) is 5.88 Å². The van der Waals surface area contributed by atoms with Gasteiger partial charge in [0.15, 0.2) is 0 Å². The lowest BCUT2D eigenvalue weighted by molar-refractivity contribution is 0.301. The highest BCUT2D eigenvalue weighted by atomic mass is 16.5. The van der Waals surface area contributed by atoms with E-state index in [1.54, 1.807) is 0 Å². The lowest BCUT2D eigenvalue weighted by atomic mass is 9.83. The number of nitriles is 1. The molecule has 2 aromatic carbocycles. The van der Waals surface area contributed by atoms with Crippen molar-refractivity contribution in [2.75, 3.05) is 0 Å². The van der Waals surface area contributed by atoms with Crippen LogP contribution in [-0.2, 0) is 6.61 Å². The second-order valence-electron chi connectivity index (χ2n) is 6.80. The van der Waals surface area contributed by atoms with Crippen molar-refractivity contribution in [1.82, 2.24) is 10.2 Å². The topological polar surface area (TPSA) is 96.9 Å². The van der Waals surface area contributed by atoms with Gasteiger partial charge in [-0.3, -0.25) is 5.10 Å². The number of hydrogen-bond donors (Lipinski definition) is 2. The molecule has 2 heterocycles. The summed E-state index contributed by atoms with van der Waals surface area (Å²) in [6.45, 7) is 4.38. The Morgan fingerprint density at radius 3 is 2.68 bits per heavy atom. The molecule has 6 heteroatoms. The summed E-state index contributed by atoms with van der Waals surface area (Å²) in [7, 11) is 0. The highest BCUT2D eigenvalue weighted by Crippen LogP contribution is 2.45. The van der Waals surface area contributed by atoms with Gasteiger partial charge >= 0.3 is 0 Å². The summed E-state index contributed by atoms with van der Waals surface area (Å²) in [4.78, 5) is 0. The number of nitrogens with two attached hydrogens (primary N) is 1. The monoisotopic (exact) mass is 372 g/mol. The zero-order chi connectivity index (χ0) is 19.7. The van der Waals surface area contributed by atoms with Gasteiger partial charge in [0.05, 0.1) is 5.92 Å².